The first-order chi connectivity index (χ1) is 12.3. The smallest absolute Gasteiger partial charge is 0.321 e. The fourth-order valence-electron chi connectivity index (χ4n) is 3.80. The van der Waals surface area contributed by atoms with Crippen LogP contribution in [0.25, 0.3) is 0 Å². The Hall–Kier alpha value is -1.67. The van der Waals surface area contributed by atoms with Crippen LogP contribution in [0.1, 0.15) is 33.1 Å². The number of rotatable bonds is 3. The van der Waals surface area contributed by atoms with E-state index >= 15 is 0 Å². The lowest BCUT2D eigenvalue weighted by atomic mass is 10.1. The molecule has 2 aliphatic heterocycles. The highest BCUT2D eigenvalue weighted by Gasteiger charge is 2.44. The van der Waals surface area contributed by atoms with Crippen molar-refractivity contribution in [2.75, 3.05) is 26.2 Å². The van der Waals surface area contributed by atoms with Gasteiger partial charge in [0.1, 0.15) is 12.0 Å². The minimum Gasteiger partial charge on any atom is -0.325 e. The summed E-state index contributed by atoms with van der Waals surface area (Å²) in [6.07, 6.45) is 2.58. The van der Waals surface area contributed by atoms with Gasteiger partial charge in [0.25, 0.3) is 0 Å². The van der Waals surface area contributed by atoms with Crippen molar-refractivity contribution < 1.29 is 17.6 Å². The summed E-state index contributed by atoms with van der Waals surface area (Å²) in [5.74, 6) is -0.533. The fraction of sp³-hybridized carbons (Fsp3) is 0.611. The van der Waals surface area contributed by atoms with Gasteiger partial charge >= 0.3 is 6.03 Å². The maximum absolute atomic E-state index is 13.2. The zero-order valence-electron chi connectivity index (χ0n) is 15.3. The fourth-order valence-corrected chi connectivity index (χ4v) is 5.51. The largest absolute Gasteiger partial charge is 0.325 e. The molecule has 6 nitrogen and oxygen atoms in total. The van der Waals surface area contributed by atoms with E-state index < -0.39 is 22.0 Å². The Morgan fingerprint density at radius 2 is 1.65 bits per heavy atom. The molecule has 0 spiro atoms. The van der Waals surface area contributed by atoms with Gasteiger partial charge < -0.3 is 9.80 Å². The third kappa shape index (κ3) is 3.57. The van der Waals surface area contributed by atoms with E-state index in [2.05, 4.69) is 0 Å². The maximum Gasteiger partial charge on any atom is 0.321 e. The summed E-state index contributed by atoms with van der Waals surface area (Å²) >= 11 is 0. The third-order valence-electron chi connectivity index (χ3n) is 5.06. The van der Waals surface area contributed by atoms with Crippen molar-refractivity contribution in [3.8, 4) is 0 Å². The van der Waals surface area contributed by atoms with Crippen LogP contribution < -0.4 is 0 Å². The number of benzene rings is 1. The first-order valence-electron chi connectivity index (χ1n) is 9.15. The van der Waals surface area contributed by atoms with Gasteiger partial charge in [-0.15, -0.1) is 0 Å². The molecular formula is C18H26FN3O3S. The SMILES string of the molecule is CC(C)C1N(C(=O)N2CCCCC2)CCN1S(=O)(=O)c1ccc(F)cc1. The van der Waals surface area contributed by atoms with Crippen LogP contribution in [0.3, 0.4) is 0 Å². The minimum absolute atomic E-state index is 0.0526. The van der Waals surface area contributed by atoms with E-state index in [1.807, 2.05) is 18.7 Å². The summed E-state index contributed by atoms with van der Waals surface area (Å²) in [7, 11) is -3.79. The number of amides is 2. The molecule has 8 heteroatoms. The van der Waals surface area contributed by atoms with Gasteiger partial charge in [0, 0.05) is 26.2 Å². The number of likely N-dealkylation sites (tertiary alicyclic amines) is 1. The van der Waals surface area contributed by atoms with Crippen LogP contribution in [0.15, 0.2) is 29.2 Å². The second-order valence-corrected chi connectivity index (χ2v) is 9.14. The average molecular weight is 383 g/mol. The Kier molecular flexibility index (Phi) is 5.53. The minimum atomic E-state index is -3.79. The number of carbonyl (C=O) groups is 1. The Morgan fingerprint density at radius 3 is 2.23 bits per heavy atom. The predicted molar refractivity (Wildman–Crippen MR) is 96.4 cm³/mol. The zero-order chi connectivity index (χ0) is 18.9. The van der Waals surface area contributed by atoms with Crippen molar-refractivity contribution in [3.63, 3.8) is 0 Å². The molecule has 0 N–H and O–H groups in total. The molecule has 26 heavy (non-hydrogen) atoms. The second kappa shape index (κ2) is 7.52. The summed E-state index contributed by atoms with van der Waals surface area (Å²) in [5, 5.41) is 0. The molecule has 2 saturated heterocycles. The van der Waals surface area contributed by atoms with Gasteiger partial charge in [0.05, 0.1) is 4.90 Å². The van der Waals surface area contributed by atoms with E-state index in [9.17, 15) is 17.6 Å². The Labute approximate surface area is 154 Å². The number of piperidine rings is 1. The first kappa shape index (κ1) is 19.1. The summed E-state index contributed by atoms with van der Waals surface area (Å²) in [6.45, 7) is 5.91. The van der Waals surface area contributed by atoms with Gasteiger partial charge in [-0.2, -0.15) is 4.31 Å². The molecule has 1 aromatic rings. The molecule has 1 unspecified atom stereocenters. The molecule has 2 amide bonds. The van der Waals surface area contributed by atoms with Crippen LogP contribution in [0.2, 0.25) is 0 Å². The summed E-state index contributed by atoms with van der Waals surface area (Å²) in [4.78, 5) is 16.5. The zero-order valence-corrected chi connectivity index (χ0v) is 16.1. The highest BCUT2D eigenvalue weighted by Crippen LogP contribution is 2.30. The highest BCUT2D eigenvalue weighted by atomic mass is 32.2. The van der Waals surface area contributed by atoms with Gasteiger partial charge in [-0.25, -0.2) is 17.6 Å². The lowest BCUT2D eigenvalue weighted by Gasteiger charge is -2.37. The van der Waals surface area contributed by atoms with Crippen molar-refractivity contribution in [3.05, 3.63) is 30.1 Å². The lowest BCUT2D eigenvalue weighted by Crippen LogP contribution is -2.52. The number of hydrogen-bond acceptors (Lipinski definition) is 3. The van der Waals surface area contributed by atoms with Gasteiger partial charge in [0.2, 0.25) is 10.0 Å². The average Bonchev–Trinajstić information content (AvgIpc) is 3.08. The quantitative estimate of drug-likeness (QED) is 0.806. The van der Waals surface area contributed by atoms with E-state index in [4.69, 9.17) is 0 Å². The number of sulfonamides is 1. The highest BCUT2D eigenvalue weighted by molar-refractivity contribution is 7.89. The molecule has 0 aliphatic carbocycles. The van der Waals surface area contributed by atoms with Gasteiger partial charge in [-0.3, -0.25) is 0 Å². The van der Waals surface area contributed by atoms with Crippen molar-refractivity contribution in [1.29, 1.82) is 0 Å². The van der Waals surface area contributed by atoms with Crippen LogP contribution in [-0.2, 0) is 10.0 Å². The Balaban J connectivity index is 1.86. The molecule has 2 fully saturated rings. The van der Waals surface area contributed by atoms with Crippen molar-refractivity contribution in [2.45, 2.75) is 44.2 Å². The Morgan fingerprint density at radius 1 is 1.04 bits per heavy atom. The van der Waals surface area contributed by atoms with Crippen LogP contribution in [0.5, 0.6) is 0 Å². The van der Waals surface area contributed by atoms with E-state index in [0.717, 1.165) is 44.5 Å². The molecule has 0 bridgehead atoms. The Bertz CT molecular complexity index is 745. The molecular weight excluding hydrogens is 357 g/mol. The van der Waals surface area contributed by atoms with Crippen molar-refractivity contribution in [1.82, 2.24) is 14.1 Å². The number of carbonyl (C=O) groups excluding carboxylic acids is 1. The molecule has 0 aromatic heterocycles. The van der Waals surface area contributed by atoms with Crippen molar-refractivity contribution >= 4 is 16.1 Å². The van der Waals surface area contributed by atoms with Crippen LogP contribution in [0, 0.1) is 11.7 Å². The summed E-state index contributed by atoms with van der Waals surface area (Å²) in [5.41, 5.74) is 0. The molecule has 3 rings (SSSR count). The predicted octanol–water partition coefficient (Wildman–Crippen LogP) is 2.72. The van der Waals surface area contributed by atoms with Crippen LogP contribution in [-0.4, -0.2) is 60.9 Å². The third-order valence-corrected chi connectivity index (χ3v) is 6.95. The molecule has 144 valence electrons. The van der Waals surface area contributed by atoms with E-state index in [1.54, 1.807) is 4.90 Å². The molecule has 1 atom stereocenters. The first-order valence-corrected chi connectivity index (χ1v) is 10.6. The maximum atomic E-state index is 13.2. The van der Waals surface area contributed by atoms with Gasteiger partial charge in [-0.05, 0) is 49.4 Å². The number of urea groups is 1. The van der Waals surface area contributed by atoms with Crippen molar-refractivity contribution in [2.24, 2.45) is 5.92 Å². The van der Waals surface area contributed by atoms with Gasteiger partial charge in [0.15, 0.2) is 0 Å². The molecule has 2 aliphatic rings. The standard InChI is InChI=1S/C18H26FN3O3S/c1-14(2)17-21(18(23)20-10-4-3-5-11-20)12-13-22(17)26(24,25)16-8-6-15(19)7-9-16/h6-9,14,17H,3-5,10-13H2,1-2H3. The topological polar surface area (TPSA) is 60.9 Å². The van der Waals surface area contributed by atoms with E-state index in [-0.39, 0.29) is 23.4 Å². The normalized spacial score (nSPS) is 22.2. The summed E-state index contributed by atoms with van der Waals surface area (Å²) in [6, 6.07) is 4.75. The molecule has 0 saturated carbocycles. The molecule has 0 radical (unpaired) electrons. The van der Waals surface area contributed by atoms with Crippen LogP contribution in [0.4, 0.5) is 9.18 Å². The van der Waals surface area contributed by atoms with Gasteiger partial charge in [-0.1, -0.05) is 13.8 Å². The number of hydrogen-bond donors (Lipinski definition) is 0. The van der Waals surface area contributed by atoms with E-state index in [1.165, 1.54) is 16.4 Å². The second-order valence-electron chi connectivity index (χ2n) is 7.25. The number of nitrogens with zero attached hydrogens (tertiary/aromatic N) is 3. The monoisotopic (exact) mass is 383 g/mol. The summed E-state index contributed by atoms with van der Waals surface area (Å²) < 4.78 is 40.7. The lowest BCUT2D eigenvalue weighted by molar-refractivity contribution is 0.110. The molecule has 2 heterocycles. The number of halogens is 1. The van der Waals surface area contributed by atoms with E-state index in [0.29, 0.717) is 6.54 Å². The molecule has 1 aromatic carbocycles. The van der Waals surface area contributed by atoms with Crippen LogP contribution >= 0.6 is 0 Å².